The molecule has 0 amide bonds. The van der Waals surface area contributed by atoms with E-state index in [-0.39, 0.29) is 24.8 Å². The Kier molecular flexibility index (Phi) is 5.71. The number of nitrogen functional groups attached to an aromatic ring is 1. The van der Waals surface area contributed by atoms with Crippen LogP contribution >= 0.6 is 0 Å². The van der Waals surface area contributed by atoms with Crippen LogP contribution in [0, 0.1) is 11.7 Å². The van der Waals surface area contributed by atoms with Crippen LogP contribution in [-0.2, 0) is 10.0 Å². The minimum absolute atomic E-state index is 0.00706. The molecule has 1 rings (SSSR count). The van der Waals surface area contributed by atoms with Gasteiger partial charge in [0.25, 0.3) is 0 Å². The Morgan fingerprint density at radius 1 is 1.47 bits per heavy atom. The topological polar surface area (TPSA) is 92.4 Å². The van der Waals surface area contributed by atoms with Crippen LogP contribution < -0.4 is 10.5 Å². The number of aliphatic hydroxyl groups is 1. The SMILES string of the molecule is CCC(CCO)CNS(=O)(=O)c1cc(N)ccc1F. The molecule has 0 saturated carbocycles. The molecule has 1 aromatic rings. The molecule has 1 atom stereocenters. The maximum Gasteiger partial charge on any atom is 0.243 e. The number of benzene rings is 1. The van der Waals surface area contributed by atoms with Gasteiger partial charge in [-0.3, -0.25) is 0 Å². The second-order valence-electron chi connectivity index (χ2n) is 4.33. The molecule has 1 aromatic carbocycles. The van der Waals surface area contributed by atoms with Crippen LogP contribution in [0.2, 0.25) is 0 Å². The van der Waals surface area contributed by atoms with Crippen molar-refractivity contribution in [1.82, 2.24) is 4.72 Å². The van der Waals surface area contributed by atoms with Crippen LogP contribution in [0.3, 0.4) is 0 Å². The van der Waals surface area contributed by atoms with Gasteiger partial charge in [0.2, 0.25) is 10.0 Å². The summed E-state index contributed by atoms with van der Waals surface area (Å²) in [4.78, 5) is -0.452. The molecule has 0 radical (unpaired) electrons. The predicted molar refractivity (Wildman–Crippen MR) is 71.5 cm³/mol. The summed E-state index contributed by atoms with van der Waals surface area (Å²) in [5.41, 5.74) is 5.65. The van der Waals surface area contributed by atoms with Gasteiger partial charge in [0.1, 0.15) is 10.7 Å². The molecule has 108 valence electrons. The predicted octanol–water partition coefficient (Wildman–Crippen LogP) is 1.09. The summed E-state index contributed by atoms with van der Waals surface area (Å²) in [6, 6.07) is 3.41. The van der Waals surface area contributed by atoms with Crippen molar-refractivity contribution in [3.63, 3.8) is 0 Å². The quantitative estimate of drug-likeness (QED) is 0.656. The zero-order chi connectivity index (χ0) is 14.5. The van der Waals surface area contributed by atoms with E-state index in [0.717, 1.165) is 18.6 Å². The monoisotopic (exact) mass is 290 g/mol. The Bertz CT molecular complexity index is 520. The molecule has 0 aliphatic heterocycles. The Labute approximate surface area is 112 Å². The standard InChI is InChI=1S/C12H19FN2O3S/c1-2-9(5-6-16)8-15-19(17,18)12-7-10(14)3-4-11(12)13/h3-4,7,9,15-16H,2,5-6,8,14H2,1H3. The number of halogens is 1. The molecule has 7 heteroatoms. The molecule has 0 aliphatic rings. The molecule has 0 spiro atoms. The molecule has 0 aromatic heterocycles. The molecular formula is C12H19FN2O3S. The molecule has 0 heterocycles. The fourth-order valence-corrected chi connectivity index (χ4v) is 2.89. The van der Waals surface area contributed by atoms with Crippen LogP contribution in [0.4, 0.5) is 10.1 Å². The number of hydrogen-bond donors (Lipinski definition) is 3. The van der Waals surface area contributed by atoms with E-state index >= 15 is 0 Å². The van der Waals surface area contributed by atoms with Gasteiger partial charge in [0.05, 0.1) is 0 Å². The second-order valence-corrected chi connectivity index (χ2v) is 6.06. The third kappa shape index (κ3) is 4.45. The van der Waals surface area contributed by atoms with E-state index in [2.05, 4.69) is 4.72 Å². The number of aliphatic hydroxyl groups excluding tert-OH is 1. The van der Waals surface area contributed by atoms with Crippen LogP contribution in [0.5, 0.6) is 0 Å². The Morgan fingerprint density at radius 3 is 2.74 bits per heavy atom. The zero-order valence-electron chi connectivity index (χ0n) is 10.8. The fraction of sp³-hybridized carbons (Fsp3) is 0.500. The number of sulfonamides is 1. The lowest BCUT2D eigenvalue weighted by molar-refractivity contribution is 0.254. The first kappa shape index (κ1) is 15.9. The number of hydrogen-bond acceptors (Lipinski definition) is 4. The van der Waals surface area contributed by atoms with Crippen molar-refractivity contribution in [1.29, 1.82) is 0 Å². The Balaban J connectivity index is 2.83. The molecular weight excluding hydrogens is 271 g/mol. The van der Waals surface area contributed by atoms with Crippen molar-refractivity contribution in [3.8, 4) is 0 Å². The summed E-state index contributed by atoms with van der Waals surface area (Å²) in [5, 5.41) is 8.84. The highest BCUT2D eigenvalue weighted by Gasteiger charge is 2.20. The van der Waals surface area contributed by atoms with Crippen molar-refractivity contribution < 1.29 is 17.9 Å². The molecule has 5 nitrogen and oxygen atoms in total. The van der Waals surface area contributed by atoms with Gasteiger partial charge >= 0.3 is 0 Å². The lowest BCUT2D eigenvalue weighted by atomic mass is 10.0. The van der Waals surface area contributed by atoms with Gasteiger partial charge in [-0.05, 0) is 30.5 Å². The van der Waals surface area contributed by atoms with Crippen molar-refractivity contribution in [2.75, 3.05) is 18.9 Å². The Hall–Kier alpha value is -1.18. The van der Waals surface area contributed by atoms with Crippen molar-refractivity contribution >= 4 is 15.7 Å². The van der Waals surface area contributed by atoms with Crippen LogP contribution in [-0.4, -0.2) is 26.7 Å². The maximum absolute atomic E-state index is 13.5. The minimum atomic E-state index is -3.92. The molecule has 4 N–H and O–H groups in total. The van der Waals surface area contributed by atoms with E-state index in [1.165, 1.54) is 6.07 Å². The molecule has 0 fully saturated rings. The summed E-state index contributed by atoms with van der Waals surface area (Å²) in [6.45, 7) is 2.05. The third-order valence-corrected chi connectivity index (χ3v) is 4.36. The lowest BCUT2D eigenvalue weighted by Crippen LogP contribution is -2.30. The van der Waals surface area contributed by atoms with Gasteiger partial charge in [-0.1, -0.05) is 13.3 Å². The van der Waals surface area contributed by atoms with E-state index in [9.17, 15) is 12.8 Å². The summed E-state index contributed by atoms with van der Waals surface area (Å²) in [7, 11) is -3.92. The highest BCUT2D eigenvalue weighted by atomic mass is 32.2. The van der Waals surface area contributed by atoms with Gasteiger partial charge in [-0.15, -0.1) is 0 Å². The lowest BCUT2D eigenvalue weighted by Gasteiger charge is -2.15. The molecule has 1 unspecified atom stereocenters. The van der Waals surface area contributed by atoms with Crippen LogP contribution in [0.1, 0.15) is 19.8 Å². The third-order valence-electron chi connectivity index (χ3n) is 2.92. The number of nitrogens with two attached hydrogens (primary N) is 1. The van der Waals surface area contributed by atoms with Crippen molar-refractivity contribution in [2.45, 2.75) is 24.7 Å². The summed E-state index contributed by atoms with van der Waals surface area (Å²) < 4.78 is 39.8. The average Bonchev–Trinajstić information content (AvgIpc) is 2.37. The number of rotatable bonds is 7. The summed E-state index contributed by atoms with van der Waals surface area (Å²) in [6.07, 6.45) is 1.22. The largest absolute Gasteiger partial charge is 0.399 e. The molecule has 19 heavy (non-hydrogen) atoms. The van der Waals surface area contributed by atoms with E-state index in [4.69, 9.17) is 10.8 Å². The van der Waals surface area contributed by atoms with Crippen LogP contribution in [0.15, 0.2) is 23.1 Å². The van der Waals surface area contributed by atoms with Gasteiger partial charge in [-0.25, -0.2) is 17.5 Å². The zero-order valence-corrected chi connectivity index (χ0v) is 11.6. The number of nitrogens with one attached hydrogen (secondary N) is 1. The van der Waals surface area contributed by atoms with Crippen LogP contribution in [0.25, 0.3) is 0 Å². The minimum Gasteiger partial charge on any atom is -0.399 e. The fourth-order valence-electron chi connectivity index (χ4n) is 1.66. The first-order chi connectivity index (χ1) is 8.90. The van der Waals surface area contributed by atoms with Gasteiger partial charge in [0, 0.05) is 18.8 Å². The molecule has 0 aliphatic carbocycles. The highest BCUT2D eigenvalue weighted by Crippen LogP contribution is 2.18. The first-order valence-electron chi connectivity index (χ1n) is 6.06. The van der Waals surface area contributed by atoms with E-state index in [1.807, 2.05) is 6.92 Å². The van der Waals surface area contributed by atoms with Crippen molar-refractivity contribution in [3.05, 3.63) is 24.0 Å². The Morgan fingerprint density at radius 2 is 2.16 bits per heavy atom. The average molecular weight is 290 g/mol. The van der Waals surface area contributed by atoms with Crippen molar-refractivity contribution in [2.24, 2.45) is 5.92 Å². The highest BCUT2D eigenvalue weighted by molar-refractivity contribution is 7.89. The van der Waals surface area contributed by atoms with E-state index in [0.29, 0.717) is 6.42 Å². The first-order valence-corrected chi connectivity index (χ1v) is 7.54. The molecule has 0 saturated heterocycles. The maximum atomic E-state index is 13.5. The van der Waals surface area contributed by atoms with E-state index < -0.39 is 20.7 Å². The van der Waals surface area contributed by atoms with E-state index in [1.54, 1.807) is 0 Å². The van der Waals surface area contributed by atoms with Gasteiger partial charge < -0.3 is 10.8 Å². The van der Waals surface area contributed by atoms with Gasteiger partial charge in [-0.2, -0.15) is 0 Å². The summed E-state index contributed by atoms with van der Waals surface area (Å²) >= 11 is 0. The number of anilines is 1. The van der Waals surface area contributed by atoms with Gasteiger partial charge in [0.15, 0.2) is 0 Å². The summed E-state index contributed by atoms with van der Waals surface area (Å²) in [5.74, 6) is -0.819. The molecule has 0 bridgehead atoms. The normalized spacial score (nSPS) is 13.4. The second kappa shape index (κ2) is 6.83. The smallest absolute Gasteiger partial charge is 0.243 e.